The van der Waals surface area contributed by atoms with Crippen LogP contribution in [-0.4, -0.2) is 29.6 Å². The van der Waals surface area contributed by atoms with E-state index in [9.17, 15) is 9.59 Å². The van der Waals surface area contributed by atoms with Crippen LogP contribution in [0.25, 0.3) is 0 Å². The van der Waals surface area contributed by atoms with Crippen LogP contribution in [0, 0.1) is 5.92 Å². The molecule has 0 aliphatic heterocycles. The Labute approximate surface area is 117 Å². The number of anilines is 1. The first-order chi connectivity index (χ1) is 9.32. The molecule has 0 saturated carbocycles. The summed E-state index contributed by atoms with van der Waals surface area (Å²) in [5.41, 5.74) is 5.58. The number of carbonyl (C=O) groups is 2. The Bertz CT molecular complexity index is 500. The highest BCUT2D eigenvalue weighted by Crippen LogP contribution is 2.25. The summed E-state index contributed by atoms with van der Waals surface area (Å²) in [6.07, 6.45) is -0.798. The number of carboxylic acids is 1. The third kappa shape index (κ3) is 4.15. The molecule has 1 unspecified atom stereocenters. The molecule has 20 heavy (non-hydrogen) atoms. The minimum Gasteiger partial charge on any atom is -0.480 e. The summed E-state index contributed by atoms with van der Waals surface area (Å²) in [6, 6.07) is 4.53. The first-order valence-corrected chi connectivity index (χ1v) is 6.39. The molecule has 6 heteroatoms. The van der Waals surface area contributed by atoms with Crippen LogP contribution >= 0.6 is 0 Å². The number of hydrogen-bond donors (Lipinski definition) is 3. The number of nitrogens with one attached hydrogen (secondary N) is 1. The van der Waals surface area contributed by atoms with Crippen LogP contribution in [0.5, 0.6) is 5.75 Å². The van der Waals surface area contributed by atoms with Gasteiger partial charge in [-0.05, 0) is 25.0 Å². The molecular formula is C14H20N2O4. The Morgan fingerprint density at radius 1 is 1.35 bits per heavy atom. The maximum absolute atomic E-state index is 11.8. The number of nitrogens with two attached hydrogens (primary N) is 1. The molecule has 1 amide bonds. The molecule has 110 valence electrons. The molecular weight excluding hydrogens is 260 g/mol. The molecule has 0 fully saturated rings. The number of nitrogen functional groups attached to an aromatic ring is 1. The number of benzene rings is 1. The highest BCUT2D eigenvalue weighted by molar-refractivity contribution is 5.97. The van der Waals surface area contributed by atoms with Crippen LogP contribution in [0.2, 0.25) is 0 Å². The quantitative estimate of drug-likeness (QED) is 0.685. The minimum absolute atomic E-state index is 0.0877. The number of aromatic carboxylic acids is 1. The number of hydrogen-bond acceptors (Lipinski definition) is 4. The van der Waals surface area contributed by atoms with E-state index in [1.54, 1.807) is 13.0 Å². The van der Waals surface area contributed by atoms with E-state index in [0.717, 1.165) is 0 Å². The number of ether oxygens (including phenoxy) is 1. The van der Waals surface area contributed by atoms with Crippen molar-refractivity contribution in [3.8, 4) is 5.75 Å². The zero-order valence-corrected chi connectivity index (χ0v) is 11.8. The fourth-order valence-corrected chi connectivity index (χ4v) is 1.57. The van der Waals surface area contributed by atoms with E-state index in [1.165, 1.54) is 12.1 Å². The van der Waals surface area contributed by atoms with Gasteiger partial charge < -0.3 is 20.9 Å². The second kappa shape index (κ2) is 6.79. The number of amides is 1. The second-order valence-electron chi connectivity index (χ2n) is 4.92. The summed E-state index contributed by atoms with van der Waals surface area (Å²) in [7, 11) is 0. The topological polar surface area (TPSA) is 102 Å². The largest absolute Gasteiger partial charge is 0.480 e. The van der Waals surface area contributed by atoms with Gasteiger partial charge in [0.1, 0.15) is 11.3 Å². The maximum atomic E-state index is 11.8. The van der Waals surface area contributed by atoms with Gasteiger partial charge in [-0.1, -0.05) is 19.9 Å². The van der Waals surface area contributed by atoms with Gasteiger partial charge in [0.05, 0.1) is 0 Å². The van der Waals surface area contributed by atoms with Crippen molar-refractivity contribution in [3.63, 3.8) is 0 Å². The number of rotatable bonds is 6. The van der Waals surface area contributed by atoms with Crippen LogP contribution in [0.4, 0.5) is 5.69 Å². The lowest BCUT2D eigenvalue weighted by atomic mass is 10.1. The molecule has 4 N–H and O–H groups in total. The van der Waals surface area contributed by atoms with Crippen LogP contribution in [0.3, 0.4) is 0 Å². The fraction of sp³-hybridized carbons (Fsp3) is 0.429. The average molecular weight is 280 g/mol. The van der Waals surface area contributed by atoms with Crippen molar-refractivity contribution in [2.75, 3.05) is 12.3 Å². The van der Waals surface area contributed by atoms with E-state index in [-0.39, 0.29) is 22.9 Å². The van der Waals surface area contributed by atoms with Crippen molar-refractivity contribution in [3.05, 3.63) is 23.8 Å². The number of carbonyl (C=O) groups excluding carboxylic acids is 1. The van der Waals surface area contributed by atoms with Crippen molar-refractivity contribution in [1.82, 2.24) is 5.32 Å². The zero-order valence-electron chi connectivity index (χ0n) is 11.8. The van der Waals surface area contributed by atoms with Crippen LogP contribution < -0.4 is 15.8 Å². The van der Waals surface area contributed by atoms with E-state index in [4.69, 9.17) is 15.6 Å². The van der Waals surface area contributed by atoms with Crippen molar-refractivity contribution in [1.29, 1.82) is 0 Å². The van der Waals surface area contributed by atoms with Gasteiger partial charge in [-0.15, -0.1) is 0 Å². The van der Waals surface area contributed by atoms with Crippen molar-refractivity contribution in [2.45, 2.75) is 26.9 Å². The standard InChI is InChI=1S/C14H20N2O4/c1-8(2)7-16-13(17)9(3)20-11-6-4-5-10(15)12(11)14(18)19/h4-6,8-9H,7,15H2,1-3H3,(H,16,17)(H,18,19). The van der Waals surface area contributed by atoms with E-state index in [0.29, 0.717) is 12.5 Å². The van der Waals surface area contributed by atoms with E-state index in [2.05, 4.69) is 5.32 Å². The second-order valence-corrected chi connectivity index (χ2v) is 4.92. The molecule has 0 heterocycles. The molecule has 0 saturated heterocycles. The minimum atomic E-state index is -1.19. The Morgan fingerprint density at radius 3 is 2.55 bits per heavy atom. The fourth-order valence-electron chi connectivity index (χ4n) is 1.57. The van der Waals surface area contributed by atoms with Gasteiger partial charge >= 0.3 is 5.97 Å². The van der Waals surface area contributed by atoms with Gasteiger partial charge in [-0.2, -0.15) is 0 Å². The molecule has 0 spiro atoms. The van der Waals surface area contributed by atoms with Crippen LogP contribution in [0.1, 0.15) is 31.1 Å². The third-order valence-corrected chi connectivity index (χ3v) is 2.63. The summed E-state index contributed by atoms with van der Waals surface area (Å²) in [6.45, 7) is 6.05. The molecule has 0 aliphatic carbocycles. The summed E-state index contributed by atoms with van der Waals surface area (Å²) in [5.74, 6) is -1.07. The lowest BCUT2D eigenvalue weighted by Gasteiger charge is -2.17. The Kier molecular flexibility index (Phi) is 5.37. The van der Waals surface area contributed by atoms with Gasteiger partial charge in [-0.3, -0.25) is 4.79 Å². The zero-order chi connectivity index (χ0) is 15.3. The highest BCUT2D eigenvalue weighted by atomic mass is 16.5. The van der Waals surface area contributed by atoms with Crippen molar-refractivity contribution in [2.24, 2.45) is 5.92 Å². The predicted octanol–water partition coefficient (Wildman–Crippen LogP) is 1.51. The Hall–Kier alpha value is -2.24. The molecule has 1 atom stereocenters. The van der Waals surface area contributed by atoms with Crippen LogP contribution in [0.15, 0.2) is 18.2 Å². The summed E-state index contributed by atoms with van der Waals surface area (Å²) in [5, 5.41) is 11.8. The summed E-state index contributed by atoms with van der Waals surface area (Å²) in [4.78, 5) is 23.0. The van der Waals surface area contributed by atoms with Gasteiger partial charge in [0, 0.05) is 12.2 Å². The predicted molar refractivity (Wildman–Crippen MR) is 75.8 cm³/mol. The van der Waals surface area contributed by atoms with E-state index >= 15 is 0 Å². The van der Waals surface area contributed by atoms with Crippen LogP contribution in [-0.2, 0) is 4.79 Å². The van der Waals surface area contributed by atoms with Gasteiger partial charge in [0.15, 0.2) is 6.10 Å². The molecule has 6 nitrogen and oxygen atoms in total. The SMILES string of the molecule is CC(C)CNC(=O)C(C)Oc1cccc(N)c1C(=O)O. The average Bonchev–Trinajstić information content (AvgIpc) is 2.35. The Balaban J connectivity index is 2.80. The lowest BCUT2D eigenvalue weighted by Crippen LogP contribution is -2.38. The molecule has 0 radical (unpaired) electrons. The monoisotopic (exact) mass is 280 g/mol. The smallest absolute Gasteiger partial charge is 0.341 e. The van der Waals surface area contributed by atoms with Crippen molar-refractivity contribution >= 4 is 17.6 Å². The summed E-state index contributed by atoms with van der Waals surface area (Å²) >= 11 is 0. The normalized spacial score (nSPS) is 12.0. The molecule has 1 aromatic rings. The third-order valence-electron chi connectivity index (χ3n) is 2.63. The molecule has 0 aliphatic rings. The highest BCUT2D eigenvalue weighted by Gasteiger charge is 2.20. The molecule has 0 bridgehead atoms. The summed E-state index contributed by atoms with van der Waals surface area (Å²) < 4.78 is 5.41. The number of carboxylic acid groups (broad SMARTS) is 1. The molecule has 0 aromatic heterocycles. The van der Waals surface area contributed by atoms with Crippen molar-refractivity contribution < 1.29 is 19.4 Å². The Morgan fingerprint density at radius 2 is 2.00 bits per heavy atom. The lowest BCUT2D eigenvalue weighted by molar-refractivity contribution is -0.127. The first-order valence-electron chi connectivity index (χ1n) is 6.39. The van der Waals surface area contributed by atoms with Gasteiger partial charge in [0.2, 0.25) is 0 Å². The van der Waals surface area contributed by atoms with Gasteiger partial charge in [0.25, 0.3) is 5.91 Å². The van der Waals surface area contributed by atoms with E-state index in [1.807, 2.05) is 13.8 Å². The first kappa shape index (κ1) is 15.8. The molecule has 1 rings (SSSR count). The maximum Gasteiger partial charge on any atom is 0.341 e. The van der Waals surface area contributed by atoms with Gasteiger partial charge in [-0.25, -0.2) is 4.79 Å². The molecule has 1 aromatic carbocycles. The van der Waals surface area contributed by atoms with E-state index < -0.39 is 12.1 Å².